The van der Waals surface area contributed by atoms with Crippen LogP contribution in [0.1, 0.15) is 36.1 Å². The predicted molar refractivity (Wildman–Crippen MR) is 85.1 cm³/mol. The second-order valence-electron chi connectivity index (χ2n) is 5.79. The van der Waals surface area contributed by atoms with E-state index in [2.05, 4.69) is 0 Å². The number of benzene rings is 2. The summed E-state index contributed by atoms with van der Waals surface area (Å²) in [4.78, 5) is 23.2. The number of ether oxygens (including phenoxy) is 1. The van der Waals surface area contributed by atoms with Crippen molar-refractivity contribution in [2.24, 2.45) is 0 Å². The molecule has 2 aromatic carbocycles. The van der Waals surface area contributed by atoms with Gasteiger partial charge in [0.25, 0.3) is 5.69 Å². The number of rotatable bonds is 4. The fraction of sp³-hybridized carbons (Fsp3) is 0.278. The van der Waals surface area contributed by atoms with Crippen molar-refractivity contribution in [2.45, 2.75) is 31.8 Å². The van der Waals surface area contributed by atoms with Crippen LogP contribution in [0, 0.1) is 17.0 Å². The second-order valence-corrected chi connectivity index (χ2v) is 5.79. The van der Waals surface area contributed by atoms with E-state index in [-0.39, 0.29) is 11.7 Å². The fourth-order valence-corrected chi connectivity index (χ4v) is 3.22. The third-order valence-corrected chi connectivity index (χ3v) is 4.58. The summed E-state index contributed by atoms with van der Waals surface area (Å²) in [5, 5.41) is 11.3. The number of carbonyl (C=O) groups is 1. The predicted octanol–water partition coefficient (Wildman–Crippen LogP) is 3.85. The van der Waals surface area contributed by atoms with Crippen LogP contribution in [0.5, 0.6) is 0 Å². The molecule has 0 aromatic heterocycles. The van der Waals surface area contributed by atoms with Crippen LogP contribution in [0.15, 0.2) is 48.5 Å². The average molecular weight is 311 g/mol. The van der Waals surface area contributed by atoms with Gasteiger partial charge in [0, 0.05) is 6.07 Å². The van der Waals surface area contributed by atoms with Crippen LogP contribution < -0.4 is 0 Å². The van der Waals surface area contributed by atoms with Gasteiger partial charge >= 0.3 is 5.97 Å². The maximum Gasteiger partial charge on any atom is 0.321 e. The molecular weight excluding hydrogens is 294 g/mol. The maximum absolute atomic E-state index is 12.3. The smallest absolute Gasteiger partial charge is 0.321 e. The van der Waals surface area contributed by atoms with Crippen LogP contribution in [0.4, 0.5) is 5.69 Å². The van der Waals surface area contributed by atoms with E-state index >= 15 is 0 Å². The Morgan fingerprint density at radius 1 is 1.17 bits per heavy atom. The first-order valence-electron chi connectivity index (χ1n) is 7.52. The summed E-state index contributed by atoms with van der Waals surface area (Å²) in [6.45, 7) is 3.88. The van der Waals surface area contributed by atoms with Gasteiger partial charge in [0.1, 0.15) is 5.41 Å². The molecule has 5 nitrogen and oxygen atoms in total. The molecule has 1 aliphatic rings. The number of hydrogen-bond donors (Lipinski definition) is 0. The van der Waals surface area contributed by atoms with E-state index in [9.17, 15) is 14.9 Å². The highest BCUT2D eigenvalue weighted by Crippen LogP contribution is 2.53. The Morgan fingerprint density at radius 2 is 1.83 bits per heavy atom. The van der Waals surface area contributed by atoms with Gasteiger partial charge in [0.15, 0.2) is 6.10 Å². The minimum atomic E-state index is -0.861. The standard InChI is InChI=1S/C18H17NO4/c1-3-18(13-10-8-12(2)9-11-13)16(23-17(18)20)14-6-4-5-7-15(14)19(21)22/h4-11,16H,3H2,1-2H3/t16-,18+/m1/s1. The molecule has 1 heterocycles. The summed E-state index contributed by atoms with van der Waals surface area (Å²) in [6.07, 6.45) is -0.115. The highest BCUT2D eigenvalue weighted by atomic mass is 16.6. The summed E-state index contributed by atoms with van der Waals surface area (Å²) >= 11 is 0. The average Bonchev–Trinajstić information content (AvgIpc) is 2.55. The molecule has 0 bridgehead atoms. The zero-order chi connectivity index (χ0) is 16.6. The topological polar surface area (TPSA) is 69.4 Å². The maximum atomic E-state index is 12.3. The third-order valence-electron chi connectivity index (χ3n) is 4.58. The third kappa shape index (κ3) is 2.20. The number of nitro groups is 1. The molecule has 0 amide bonds. The first-order valence-corrected chi connectivity index (χ1v) is 7.52. The summed E-state index contributed by atoms with van der Waals surface area (Å²) < 4.78 is 5.36. The number of hydrogen-bond acceptors (Lipinski definition) is 4. The van der Waals surface area contributed by atoms with E-state index < -0.39 is 16.4 Å². The van der Waals surface area contributed by atoms with Crippen LogP contribution in [-0.4, -0.2) is 10.9 Å². The van der Waals surface area contributed by atoms with Crippen molar-refractivity contribution in [3.8, 4) is 0 Å². The molecule has 0 saturated carbocycles. The van der Waals surface area contributed by atoms with Crippen molar-refractivity contribution in [1.82, 2.24) is 0 Å². The molecule has 118 valence electrons. The molecule has 0 spiro atoms. The van der Waals surface area contributed by atoms with Crippen molar-refractivity contribution < 1.29 is 14.5 Å². The van der Waals surface area contributed by atoms with Crippen molar-refractivity contribution in [3.05, 3.63) is 75.3 Å². The number of para-hydroxylation sites is 1. The van der Waals surface area contributed by atoms with Crippen molar-refractivity contribution in [2.75, 3.05) is 0 Å². The number of cyclic esters (lactones) is 1. The van der Waals surface area contributed by atoms with Crippen LogP contribution in [0.3, 0.4) is 0 Å². The van der Waals surface area contributed by atoms with Gasteiger partial charge in [-0.15, -0.1) is 0 Å². The number of aryl methyl sites for hydroxylation is 1. The Balaban J connectivity index is 2.12. The van der Waals surface area contributed by atoms with E-state index in [1.54, 1.807) is 18.2 Å². The van der Waals surface area contributed by atoms with Crippen LogP contribution >= 0.6 is 0 Å². The molecule has 23 heavy (non-hydrogen) atoms. The summed E-state index contributed by atoms with van der Waals surface area (Å²) in [5.74, 6) is -0.327. The minimum absolute atomic E-state index is 0.0186. The Bertz CT molecular complexity index is 769. The van der Waals surface area contributed by atoms with Gasteiger partial charge in [0.2, 0.25) is 0 Å². The normalized spacial score (nSPS) is 23.0. The lowest BCUT2D eigenvalue weighted by Gasteiger charge is -2.46. The van der Waals surface area contributed by atoms with E-state index in [1.807, 2.05) is 38.1 Å². The summed E-state index contributed by atoms with van der Waals surface area (Å²) in [6, 6.07) is 14.1. The van der Waals surface area contributed by atoms with Crippen LogP contribution in [-0.2, 0) is 14.9 Å². The van der Waals surface area contributed by atoms with Crippen molar-refractivity contribution in [3.63, 3.8) is 0 Å². The second kappa shape index (κ2) is 5.50. The summed E-state index contributed by atoms with van der Waals surface area (Å²) in [5.41, 5.74) is 1.49. The first kappa shape index (κ1) is 15.2. The van der Waals surface area contributed by atoms with Gasteiger partial charge < -0.3 is 4.74 Å². The van der Waals surface area contributed by atoms with Gasteiger partial charge in [0.05, 0.1) is 10.5 Å². The van der Waals surface area contributed by atoms with Crippen molar-refractivity contribution >= 4 is 11.7 Å². The van der Waals surface area contributed by atoms with E-state index in [4.69, 9.17) is 4.74 Å². The highest BCUT2D eigenvalue weighted by Gasteiger charge is 2.60. The molecule has 2 atom stereocenters. The zero-order valence-corrected chi connectivity index (χ0v) is 13.0. The largest absolute Gasteiger partial charge is 0.455 e. The first-order chi connectivity index (χ1) is 11.0. The molecule has 0 unspecified atom stereocenters. The highest BCUT2D eigenvalue weighted by molar-refractivity contribution is 5.90. The Labute approximate surface area is 134 Å². The van der Waals surface area contributed by atoms with Gasteiger partial charge in [-0.1, -0.05) is 48.9 Å². The molecule has 1 saturated heterocycles. The molecule has 5 heteroatoms. The van der Waals surface area contributed by atoms with Crippen LogP contribution in [0.25, 0.3) is 0 Å². The Hall–Kier alpha value is -2.69. The molecule has 2 aromatic rings. The molecule has 0 radical (unpaired) electrons. The molecular formula is C18H17NO4. The minimum Gasteiger partial charge on any atom is -0.455 e. The molecule has 1 fully saturated rings. The van der Waals surface area contributed by atoms with Gasteiger partial charge in [-0.3, -0.25) is 14.9 Å². The SMILES string of the molecule is CC[C@@]1(c2ccc(C)cc2)C(=O)O[C@@H]1c1ccccc1[N+](=O)[O-]. The number of nitrogens with zero attached hydrogens (tertiary/aromatic N) is 1. The molecule has 3 rings (SSSR count). The number of esters is 1. The number of nitro benzene ring substituents is 1. The van der Waals surface area contributed by atoms with Gasteiger partial charge in [-0.2, -0.15) is 0 Å². The van der Waals surface area contributed by atoms with E-state index in [0.717, 1.165) is 11.1 Å². The molecule has 0 N–H and O–H groups in total. The van der Waals surface area contributed by atoms with Gasteiger partial charge in [-0.25, -0.2) is 0 Å². The Kier molecular flexibility index (Phi) is 3.64. The fourth-order valence-electron chi connectivity index (χ4n) is 3.22. The van der Waals surface area contributed by atoms with Crippen molar-refractivity contribution in [1.29, 1.82) is 0 Å². The quantitative estimate of drug-likeness (QED) is 0.488. The zero-order valence-electron chi connectivity index (χ0n) is 13.0. The molecule has 0 aliphatic carbocycles. The van der Waals surface area contributed by atoms with Crippen LogP contribution in [0.2, 0.25) is 0 Å². The lowest BCUT2D eigenvalue weighted by atomic mass is 9.67. The lowest BCUT2D eigenvalue weighted by molar-refractivity contribution is -0.386. The van der Waals surface area contributed by atoms with Gasteiger partial charge in [-0.05, 0) is 25.0 Å². The lowest BCUT2D eigenvalue weighted by Crippen LogP contribution is -2.54. The Morgan fingerprint density at radius 3 is 2.39 bits per heavy atom. The van der Waals surface area contributed by atoms with E-state index in [1.165, 1.54) is 6.07 Å². The number of carbonyl (C=O) groups excluding carboxylic acids is 1. The monoisotopic (exact) mass is 311 g/mol. The summed E-state index contributed by atoms with van der Waals surface area (Å²) in [7, 11) is 0. The van der Waals surface area contributed by atoms with E-state index in [0.29, 0.717) is 12.0 Å². The molecule has 1 aliphatic heterocycles.